The van der Waals surface area contributed by atoms with Crippen molar-refractivity contribution in [2.45, 2.75) is 46.3 Å². The maximum absolute atomic E-state index is 6.29. The number of para-hydroxylation sites is 2. The minimum Gasteiger partial charge on any atom is -0.493 e. The second kappa shape index (κ2) is 10.2. The summed E-state index contributed by atoms with van der Waals surface area (Å²) in [5.41, 5.74) is 4.60. The van der Waals surface area contributed by atoms with E-state index in [1.165, 1.54) is 16.5 Å². The number of aromatic nitrogens is 2. The molecule has 0 aliphatic rings. The Morgan fingerprint density at radius 2 is 1.63 bits per heavy atom. The topological polar surface area (TPSA) is 36.3 Å². The lowest BCUT2D eigenvalue weighted by Gasteiger charge is -2.16. The van der Waals surface area contributed by atoms with Crippen LogP contribution in [-0.4, -0.2) is 16.2 Å². The van der Waals surface area contributed by atoms with Crippen molar-refractivity contribution in [3.05, 3.63) is 102 Å². The predicted octanol–water partition coefficient (Wildman–Crippen LogP) is 7.67. The second-order valence-corrected chi connectivity index (χ2v) is 9.33. The van der Waals surface area contributed by atoms with E-state index in [-0.39, 0.29) is 0 Å². The molecule has 0 spiro atoms. The molecule has 0 saturated heterocycles. The molecule has 0 radical (unpaired) electrons. The average molecular weight is 465 g/mol. The van der Waals surface area contributed by atoms with Crippen LogP contribution in [0.3, 0.4) is 0 Å². The Balaban J connectivity index is 1.32. The first-order valence-electron chi connectivity index (χ1n) is 12.4. The number of rotatable bonds is 9. The maximum Gasteiger partial charge on any atom is 0.148 e. The molecule has 1 heterocycles. The summed E-state index contributed by atoms with van der Waals surface area (Å²) in [5, 5.41) is 2.29. The molecule has 0 N–H and O–H groups in total. The predicted molar refractivity (Wildman–Crippen MR) is 143 cm³/mol. The van der Waals surface area contributed by atoms with Gasteiger partial charge in [0.25, 0.3) is 0 Å². The molecule has 1 aromatic heterocycles. The van der Waals surface area contributed by atoms with Gasteiger partial charge in [-0.15, -0.1) is 0 Å². The van der Waals surface area contributed by atoms with E-state index in [2.05, 4.69) is 86.0 Å². The molecular weight excluding hydrogens is 432 g/mol. The number of hydrogen-bond donors (Lipinski definition) is 0. The number of ether oxygens (including phenoxy) is 2. The second-order valence-electron chi connectivity index (χ2n) is 9.33. The Labute approximate surface area is 207 Å². The van der Waals surface area contributed by atoms with Crippen molar-refractivity contribution < 1.29 is 9.47 Å². The molecule has 35 heavy (non-hydrogen) atoms. The summed E-state index contributed by atoms with van der Waals surface area (Å²) in [5.74, 6) is 3.24. The fourth-order valence-electron chi connectivity index (χ4n) is 4.60. The highest BCUT2D eigenvalue weighted by Crippen LogP contribution is 2.28. The molecule has 5 rings (SSSR count). The van der Waals surface area contributed by atoms with Gasteiger partial charge < -0.3 is 14.0 Å². The van der Waals surface area contributed by atoms with E-state index in [9.17, 15) is 0 Å². The third kappa shape index (κ3) is 5.02. The minimum absolute atomic E-state index is 0.416. The van der Waals surface area contributed by atoms with Crippen LogP contribution < -0.4 is 9.47 Å². The van der Waals surface area contributed by atoms with Crippen molar-refractivity contribution >= 4 is 21.8 Å². The van der Waals surface area contributed by atoms with Gasteiger partial charge in [-0.1, -0.05) is 74.5 Å². The van der Waals surface area contributed by atoms with Crippen LogP contribution in [0, 0.1) is 6.92 Å². The van der Waals surface area contributed by atoms with Crippen LogP contribution in [0.5, 0.6) is 11.5 Å². The van der Waals surface area contributed by atoms with Gasteiger partial charge in [-0.3, -0.25) is 0 Å². The van der Waals surface area contributed by atoms with E-state index in [1.807, 2.05) is 24.3 Å². The van der Waals surface area contributed by atoms with E-state index in [0.717, 1.165) is 46.7 Å². The zero-order valence-corrected chi connectivity index (χ0v) is 20.7. The minimum atomic E-state index is 0.416. The summed E-state index contributed by atoms with van der Waals surface area (Å²) in [6.45, 7) is 8.40. The van der Waals surface area contributed by atoms with Crippen LogP contribution >= 0.6 is 0 Å². The first-order valence-corrected chi connectivity index (χ1v) is 12.4. The number of fused-ring (bicyclic) bond motifs is 2. The summed E-state index contributed by atoms with van der Waals surface area (Å²) in [6, 6.07) is 29.2. The van der Waals surface area contributed by atoms with Crippen molar-refractivity contribution in [3.8, 4) is 11.5 Å². The molecule has 5 aromatic rings. The SMILES string of the molecule is Cc1ccc(C(C)C)c(OCCCn2c(COc3cccc4ccccc34)nc3ccccc32)c1. The molecule has 4 nitrogen and oxygen atoms in total. The zero-order valence-electron chi connectivity index (χ0n) is 20.7. The van der Waals surface area contributed by atoms with Crippen LogP contribution in [0.2, 0.25) is 0 Å². The zero-order chi connectivity index (χ0) is 24.2. The van der Waals surface area contributed by atoms with Gasteiger partial charge in [0.05, 0.1) is 17.6 Å². The van der Waals surface area contributed by atoms with E-state index in [0.29, 0.717) is 19.1 Å². The average Bonchev–Trinajstić information content (AvgIpc) is 3.22. The Hall–Kier alpha value is -3.79. The maximum atomic E-state index is 6.29. The van der Waals surface area contributed by atoms with E-state index in [4.69, 9.17) is 14.5 Å². The number of imidazole rings is 1. The highest BCUT2D eigenvalue weighted by molar-refractivity contribution is 5.88. The van der Waals surface area contributed by atoms with Crippen LogP contribution in [0.4, 0.5) is 0 Å². The van der Waals surface area contributed by atoms with Crippen LogP contribution in [0.15, 0.2) is 84.9 Å². The van der Waals surface area contributed by atoms with Gasteiger partial charge in [-0.2, -0.15) is 0 Å². The van der Waals surface area contributed by atoms with Crippen LogP contribution in [-0.2, 0) is 13.2 Å². The standard InChI is InChI=1S/C31H32N2O2/c1-22(2)25-17-16-23(3)20-30(25)34-19-9-18-33-28-14-7-6-13-27(28)32-31(33)21-35-29-15-8-11-24-10-4-5-12-26(24)29/h4-8,10-17,20,22H,9,18-19,21H2,1-3H3. The van der Waals surface area contributed by atoms with Crippen LogP contribution in [0.1, 0.15) is 43.1 Å². The Bertz CT molecular complexity index is 1450. The molecule has 178 valence electrons. The third-order valence-electron chi connectivity index (χ3n) is 6.41. The summed E-state index contributed by atoms with van der Waals surface area (Å²) in [6.07, 6.45) is 0.882. The number of benzene rings is 4. The largest absolute Gasteiger partial charge is 0.493 e. The highest BCUT2D eigenvalue weighted by Gasteiger charge is 2.13. The Kier molecular flexibility index (Phi) is 6.71. The van der Waals surface area contributed by atoms with Gasteiger partial charge in [0, 0.05) is 11.9 Å². The molecule has 4 heteroatoms. The normalized spacial score (nSPS) is 11.4. The van der Waals surface area contributed by atoms with E-state index < -0.39 is 0 Å². The molecule has 0 unspecified atom stereocenters. The number of hydrogen-bond acceptors (Lipinski definition) is 3. The summed E-state index contributed by atoms with van der Waals surface area (Å²) < 4.78 is 14.8. The monoisotopic (exact) mass is 464 g/mol. The van der Waals surface area contributed by atoms with Crippen LogP contribution in [0.25, 0.3) is 21.8 Å². The first-order chi connectivity index (χ1) is 17.1. The van der Waals surface area contributed by atoms with Crippen molar-refractivity contribution in [1.82, 2.24) is 9.55 Å². The molecule has 0 atom stereocenters. The summed E-state index contributed by atoms with van der Waals surface area (Å²) in [7, 11) is 0. The molecule has 0 aliphatic carbocycles. The van der Waals surface area contributed by atoms with Gasteiger partial charge in [0.15, 0.2) is 0 Å². The van der Waals surface area contributed by atoms with Crippen molar-refractivity contribution in [3.63, 3.8) is 0 Å². The molecule has 0 amide bonds. The summed E-state index contributed by atoms with van der Waals surface area (Å²) >= 11 is 0. The van der Waals surface area contributed by atoms with Crippen molar-refractivity contribution in [2.24, 2.45) is 0 Å². The van der Waals surface area contributed by atoms with Crippen molar-refractivity contribution in [1.29, 1.82) is 0 Å². The molecule has 4 aromatic carbocycles. The number of nitrogens with zero attached hydrogens (tertiary/aromatic N) is 2. The van der Waals surface area contributed by atoms with E-state index in [1.54, 1.807) is 0 Å². The van der Waals surface area contributed by atoms with Gasteiger partial charge in [-0.05, 0) is 60.0 Å². The van der Waals surface area contributed by atoms with Gasteiger partial charge in [-0.25, -0.2) is 4.98 Å². The summed E-state index contributed by atoms with van der Waals surface area (Å²) in [4.78, 5) is 4.89. The van der Waals surface area contributed by atoms with Gasteiger partial charge in [0.1, 0.15) is 23.9 Å². The molecule has 0 aliphatic heterocycles. The lowest BCUT2D eigenvalue weighted by molar-refractivity contribution is 0.281. The quantitative estimate of drug-likeness (QED) is 0.210. The van der Waals surface area contributed by atoms with E-state index >= 15 is 0 Å². The fourth-order valence-corrected chi connectivity index (χ4v) is 4.60. The lowest BCUT2D eigenvalue weighted by Crippen LogP contribution is -2.11. The molecule has 0 bridgehead atoms. The fraction of sp³-hybridized carbons (Fsp3) is 0.258. The lowest BCUT2D eigenvalue weighted by atomic mass is 10.0. The number of aryl methyl sites for hydroxylation is 2. The third-order valence-corrected chi connectivity index (χ3v) is 6.41. The van der Waals surface area contributed by atoms with Gasteiger partial charge in [0.2, 0.25) is 0 Å². The Morgan fingerprint density at radius 1 is 0.829 bits per heavy atom. The molecule has 0 saturated carbocycles. The Morgan fingerprint density at radius 3 is 2.51 bits per heavy atom. The van der Waals surface area contributed by atoms with Crippen molar-refractivity contribution in [2.75, 3.05) is 6.61 Å². The molecule has 0 fully saturated rings. The molecular formula is C31H32N2O2. The van der Waals surface area contributed by atoms with Gasteiger partial charge >= 0.3 is 0 Å². The highest BCUT2D eigenvalue weighted by atomic mass is 16.5. The first kappa shape index (κ1) is 23.0. The smallest absolute Gasteiger partial charge is 0.148 e.